The zero-order valence-corrected chi connectivity index (χ0v) is 14.2. The van der Waals surface area contributed by atoms with Crippen LogP contribution < -0.4 is 0 Å². The van der Waals surface area contributed by atoms with Crippen LogP contribution in [0.2, 0.25) is 0 Å². The van der Waals surface area contributed by atoms with Crippen LogP contribution in [0.25, 0.3) is 0 Å². The molecule has 0 bridgehead atoms. The number of ether oxygens (including phenoxy) is 1. The van der Waals surface area contributed by atoms with Gasteiger partial charge in [0, 0.05) is 25.3 Å². The number of aryl methyl sites for hydroxylation is 1. The summed E-state index contributed by atoms with van der Waals surface area (Å²) in [5.41, 5.74) is 0.531. The van der Waals surface area contributed by atoms with Crippen LogP contribution in [0.3, 0.4) is 0 Å². The standard InChI is InChI=1S/C14H18N4O5S/c1-3-9-6-10(17-23-9)14(19)18-4-5-22-8-11(18)13-12(7-15-16-13)24(2,20)21/h6-7,11H,3-5,8H2,1-2H3,(H,15,16)/t11-/m0/s1. The van der Waals surface area contributed by atoms with E-state index in [1.54, 1.807) is 6.07 Å². The SMILES string of the molecule is CCc1cc(C(=O)N2CCOC[C@H]2c2[nH]ncc2S(C)(=O)=O)no1. The summed E-state index contributed by atoms with van der Waals surface area (Å²) in [6.07, 6.45) is 2.97. The number of aromatic amines is 1. The molecule has 3 rings (SSSR count). The Morgan fingerprint density at radius 3 is 2.96 bits per heavy atom. The smallest absolute Gasteiger partial charge is 0.276 e. The lowest BCUT2D eigenvalue weighted by Crippen LogP contribution is -2.44. The van der Waals surface area contributed by atoms with Crippen molar-refractivity contribution in [3.05, 3.63) is 29.4 Å². The molecule has 1 amide bonds. The number of hydrogen-bond donors (Lipinski definition) is 1. The normalized spacial score (nSPS) is 18.8. The lowest BCUT2D eigenvalue weighted by molar-refractivity contribution is -0.00518. The number of sulfone groups is 1. The molecule has 0 saturated carbocycles. The minimum Gasteiger partial charge on any atom is -0.377 e. The molecule has 2 aromatic heterocycles. The molecule has 1 saturated heterocycles. The molecule has 0 radical (unpaired) electrons. The maximum atomic E-state index is 12.8. The molecule has 2 aromatic rings. The Kier molecular flexibility index (Phi) is 4.41. The van der Waals surface area contributed by atoms with Crippen LogP contribution in [0, 0.1) is 0 Å². The Balaban J connectivity index is 1.94. The molecule has 130 valence electrons. The van der Waals surface area contributed by atoms with Gasteiger partial charge in [-0.15, -0.1) is 0 Å². The highest BCUT2D eigenvalue weighted by atomic mass is 32.2. The van der Waals surface area contributed by atoms with E-state index in [9.17, 15) is 13.2 Å². The second-order valence-corrected chi connectivity index (χ2v) is 7.53. The van der Waals surface area contributed by atoms with Crippen LogP contribution >= 0.6 is 0 Å². The van der Waals surface area contributed by atoms with E-state index in [2.05, 4.69) is 15.4 Å². The summed E-state index contributed by atoms with van der Waals surface area (Å²) in [5.74, 6) is 0.280. The molecule has 24 heavy (non-hydrogen) atoms. The third-order valence-corrected chi connectivity index (χ3v) is 5.01. The minimum atomic E-state index is -3.47. The van der Waals surface area contributed by atoms with E-state index < -0.39 is 15.9 Å². The first kappa shape index (κ1) is 16.7. The maximum Gasteiger partial charge on any atom is 0.276 e. The fraction of sp³-hybridized carbons (Fsp3) is 0.500. The fourth-order valence-electron chi connectivity index (χ4n) is 2.63. The fourth-order valence-corrected chi connectivity index (χ4v) is 3.46. The molecular formula is C14H18N4O5S. The first-order valence-corrected chi connectivity index (χ1v) is 9.38. The van der Waals surface area contributed by atoms with Crippen molar-refractivity contribution in [2.45, 2.75) is 24.3 Å². The van der Waals surface area contributed by atoms with Crippen molar-refractivity contribution in [3.8, 4) is 0 Å². The van der Waals surface area contributed by atoms with Crippen LogP contribution in [0.15, 0.2) is 21.7 Å². The zero-order valence-electron chi connectivity index (χ0n) is 13.4. The summed E-state index contributed by atoms with van der Waals surface area (Å²) in [7, 11) is -3.47. The van der Waals surface area contributed by atoms with E-state index in [1.165, 1.54) is 11.1 Å². The Morgan fingerprint density at radius 2 is 2.29 bits per heavy atom. The number of amides is 1. The highest BCUT2D eigenvalue weighted by Crippen LogP contribution is 2.29. The summed E-state index contributed by atoms with van der Waals surface area (Å²) in [5, 5.41) is 10.3. The molecule has 1 N–H and O–H groups in total. The molecule has 1 aliphatic rings. The van der Waals surface area contributed by atoms with Gasteiger partial charge in [-0.1, -0.05) is 12.1 Å². The lowest BCUT2D eigenvalue weighted by atomic mass is 10.1. The zero-order chi connectivity index (χ0) is 17.3. The molecule has 0 aliphatic carbocycles. The van der Waals surface area contributed by atoms with Crippen molar-refractivity contribution in [1.29, 1.82) is 0 Å². The van der Waals surface area contributed by atoms with Gasteiger partial charge >= 0.3 is 0 Å². The third-order valence-electron chi connectivity index (χ3n) is 3.88. The van der Waals surface area contributed by atoms with Gasteiger partial charge in [0.2, 0.25) is 0 Å². The van der Waals surface area contributed by atoms with Gasteiger partial charge < -0.3 is 14.2 Å². The van der Waals surface area contributed by atoms with Crippen LogP contribution in [-0.2, 0) is 21.0 Å². The highest BCUT2D eigenvalue weighted by Gasteiger charge is 2.35. The quantitative estimate of drug-likeness (QED) is 0.853. The molecule has 1 fully saturated rings. The van der Waals surface area contributed by atoms with Crippen molar-refractivity contribution in [3.63, 3.8) is 0 Å². The van der Waals surface area contributed by atoms with Crippen LogP contribution in [-0.4, -0.2) is 60.6 Å². The van der Waals surface area contributed by atoms with Gasteiger partial charge in [0.05, 0.1) is 31.1 Å². The number of aromatic nitrogens is 3. The largest absolute Gasteiger partial charge is 0.377 e. The lowest BCUT2D eigenvalue weighted by Gasteiger charge is -2.34. The number of hydrogen-bond acceptors (Lipinski definition) is 7. The van der Waals surface area contributed by atoms with Gasteiger partial charge in [0.25, 0.3) is 5.91 Å². The highest BCUT2D eigenvalue weighted by molar-refractivity contribution is 7.90. The first-order chi connectivity index (χ1) is 11.4. The molecule has 0 spiro atoms. The predicted octanol–water partition coefficient (Wildman–Crippen LogP) is 0.577. The summed E-state index contributed by atoms with van der Waals surface area (Å²) in [4.78, 5) is 14.4. The number of carbonyl (C=O) groups is 1. The molecule has 3 heterocycles. The van der Waals surface area contributed by atoms with Crippen molar-refractivity contribution in [1.82, 2.24) is 20.3 Å². The van der Waals surface area contributed by atoms with Gasteiger partial charge in [-0.3, -0.25) is 9.89 Å². The average molecular weight is 354 g/mol. The summed E-state index contributed by atoms with van der Waals surface area (Å²) in [6, 6.07) is 1.01. The monoisotopic (exact) mass is 354 g/mol. The third kappa shape index (κ3) is 3.06. The molecule has 10 heteroatoms. The van der Waals surface area contributed by atoms with Crippen molar-refractivity contribution in [2.75, 3.05) is 26.0 Å². The Hall–Kier alpha value is -2.20. The van der Waals surface area contributed by atoms with Crippen molar-refractivity contribution >= 4 is 15.7 Å². The molecule has 0 unspecified atom stereocenters. The number of carbonyl (C=O) groups excluding carboxylic acids is 1. The molecular weight excluding hydrogens is 336 g/mol. The van der Waals surface area contributed by atoms with Gasteiger partial charge in [-0.25, -0.2) is 8.42 Å². The van der Waals surface area contributed by atoms with E-state index in [0.29, 0.717) is 31.0 Å². The van der Waals surface area contributed by atoms with E-state index in [1.807, 2.05) is 6.92 Å². The predicted molar refractivity (Wildman–Crippen MR) is 82.2 cm³/mol. The summed E-state index contributed by atoms with van der Waals surface area (Å²) in [6.45, 7) is 2.76. The average Bonchev–Trinajstić information content (AvgIpc) is 3.22. The molecule has 1 aliphatic heterocycles. The van der Waals surface area contributed by atoms with Gasteiger partial charge in [0.1, 0.15) is 10.7 Å². The molecule has 1 atom stereocenters. The van der Waals surface area contributed by atoms with Crippen LogP contribution in [0.1, 0.15) is 34.9 Å². The summed E-state index contributed by atoms with van der Waals surface area (Å²) < 4.78 is 34.3. The number of H-pyrrole nitrogens is 1. The van der Waals surface area contributed by atoms with Crippen molar-refractivity contribution in [2.24, 2.45) is 0 Å². The summed E-state index contributed by atoms with van der Waals surface area (Å²) >= 11 is 0. The topological polar surface area (TPSA) is 118 Å². The Labute approximate surface area is 138 Å². The van der Waals surface area contributed by atoms with Gasteiger partial charge in [0.15, 0.2) is 15.5 Å². The van der Waals surface area contributed by atoms with E-state index >= 15 is 0 Å². The molecule has 9 nitrogen and oxygen atoms in total. The van der Waals surface area contributed by atoms with Gasteiger partial charge in [-0.2, -0.15) is 5.10 Å². The van der Waals surface area contributed by atoms with Crippen LogP contribution in [0.5, 0.6) is 0 Å². The van der Waals surface area contributed by atoms with E-state index in [0.717, 1.165) is 6.26 Å². The van der Waals surface area contributed by atoms with Crippen LogP contribution in [0.4, 0.5) is 0 Å². The second kappa shape index (κ2) is 6.36. The van der Waals surface area contributed by atoms with E-state index in [-0.39, 0.29) is 23.1 Å². The number of morpholine rings is 1. The van der Waals surface area contributed by atoms with Gasteiger partial charge in [-0.05, 0) is 0 Å². The number of nitrogens with zero attached hydrogens (tertiary/aromatic N) is 3. The number of nitrogens with one attached hydrogen (secondary N) is 1. The Morgan fingerprint density at radius 1 is 1.50 bits per heavy atom. The maximum absolute atomic E-state index is 12.8. The van der Waals surface area contributed by atoms with E-state index in [4.69, 9.17) is 9.26 Å². The minimum absolute atomic E-state index is 0.0604. The van der Waals surface area contributed by atoms with Crippen molar-refractivity contribution < 1.29 is 22.5 Å². The molecule has 0 aromatic carbocycles. The first-order valence-electron chi connectivity index (χ1n) is 7.49. The number of rotatable bonds is 4. The Bertz CT molecular complexity index is 841. The second-order valence-electron chi connectivity index (χ2n) is 5.54.